The van der Waals surface area contributed by atoms with Crippen molar-refractivity contribution in [3.63, 3.8) is 0 Å². The molecule has 0 fully saturated rings. The normalized spacial score (nSPS) is 10.5. The summed E-state index contributed by atoms with van der Waals surface area (Å²) in [6.07, 6.45) is 0. The molecule has 0 bridgehead atoms. The summed E-state index contributed by atoms with van der Waals surface area (Å²) in [5, 5.41) is 3.67. The molecule has 2 aromatic rings. The van der Waals surface area contributed by atoms with Crippen molar-refractivity contribution >= 4 is 41.0 Å². The van der Waals surface area contributed by atoms with Crippen LogP contribution in [0.2, 0.25) is 5.02 Å². The fourth-order valence-electron chi connectivity index (χ4n) is 1.95. The number of amides is 1. The summed E-state index contributed by atoms with van der Waals surface area (Å²) in [6.45, 7) is 2.84. The van der Waals surface area contributed by atoms with Gasteiger partial charge in [-0.2, -0.15) is 11.8 Å². The van der Waals surface area contributed by atoms with Crippen LogP contribution in [0.1, 0.15) is 11.1 Å². The van der Waals surface area contributed by atoms with Crippen LogP contribution in [-0.4, -0.2) is 24.0 Å². The minimum atomic E-state index is 0.0708. The molecule has 2 rings (SSSR count). The smallest absolute Gasteiger partial charge is 0.230 e. The fourth-order valence-corrected chi connectivity index (χ4v) is 3.74. The summed E-state index contributed by atoms with van der Waals surface area (Å²) in [4.78, 5) is 12.9. The first-order chi connectivity index (χ1) is 11.1. The molecule has 2 aromatic carbocycles. The van der Waals surface area contributed by atoms with E-state index in [4.69, 9.17) is 11.6 Å². The zero-order valence-electron chi connectivity index (χ0n) is 13.0. The minimum absolute atomic E-state index is 0.0708. The first-order valence-electron chi connectivity index (χ1n) is 7.42. The van der Waals surface area contributed by atoms with Crippen molar-refractivity contribution in [2.45, 2.75) is 17.6 Å². The van der Waals surface area contributed by atoms with Crippen molar-refractivity contribution in [1.29, 1.82) is 0 Å². The lowest BCUT2D eigenvalue weighted by atomic mass is 10.1. The molecule has 0 spiro atoms. The molecular formula is C18H20ClNOS2. The zero-order valence-corrected chi connectivity index (χ0v) is 15.4. The molecule has 0 aromatic heterocycles. The molecule has 0 atom stereocenters. The number of carbonyl (C=O) groups is 1. The van der Waals surface area contributed by atoms with Gasteiger partial charge < -0.3 is 5.32 Å². The van der Waals surface area contributed by atoms with Gasteiger partial charge in [0.05, 0.1) is 5.75 Å². The Morgan fingerprint density at radius 2 is 1.87 bits per heavy atom. The van der Waals surface area contributed by atoms with Crippen molar-refractivity contribution in [3.05, 3.63) is 64.7 Å². The maximum Gasteiger partial charge on any atom is 0.230 e. The first-order valence-corrected chi connectivity index (χ1v) is 9.94. The number of hydrogen-bond donors (Lipinski definition) is 1. The molecule has 23 heavy (non-hydrogen) atoms. The lowest BCUT2D eigenvalue weighted by Crippen LogP contribution is -2.27. The topological polar surface area (TPSA) is 29.1 Å². The average Bonchev–Trinajstić information content (AvgIpc) is 2.55. The largest absolute Gasteiger partial charge is 0.355 e. The number of aryl methyl sites for hydroxylation is 1. The van der Waals surface area contributed by atoms with Gasteiger partial charge in [0.2, 0.25) is 5.91 Å². The maximum atomic E-state index is 11.8. The SMILES string of the molecule is Cc1ccccc1CSCCNC(=O)CSc1ccc(Cl)cc1. The molecule has 0 aliphatic heterocycles. The molecule has 0 heterocycles. The molecule has 5 heteroatoms. The standard InChI is InChI=1S/C18H20ClNOS2/c1-14-4-2-3-5-15(14)12-22-11-10-20-18(21)13-23-17-8-6-16(19)7-9-17/h2-9H,10-13H2,1H3,(H,20,21). The molecule has 0 saturated heterocycles. The van der Waals surface area contributed by atoms with Crippen molar-refractivity contribution < 1.29 is 4.79 Å². The second-order valence-corrected chi connectivity index (χ2v) is 7.66. The van der Waals surface area contributed by atoms with E-state index in [9.17, 15) is 4.79 Å². The lowest BCUT2D eigenvalue weighted by Gasteiger charge is -2.07. The van der Waals surface area contributed by atoms with Gasteiger partial charge in [0.1, 0.15) is 0 Å². The number of halogens is 1. The van der Waals surface area contributed by atoms with Crippen LogP contribution in [0.3, 0.4) is 0 Å². The highest BCUT2D eigenvalue weighted by molar-refractivity contribution is 8.00. The molecule has 0 aliphatic rings. The minimum Gasteiger partial charge on any atom is -0.355 e. The Morgan fingerprint density at radius 3 is 2.61 bits per heavy atom. The highest BCUT2D eigenvalue weighted by Gasteiger charge is 2.03. The van der Waals surface area contributed by atoms with Crippen LogP contribution < -0.4 is 5.32 Å². The van der Waals surface area contributed by atoms with Gasteiger partial charge in [-0.1, -0.05) is 35.9 Å². The van der Waals surface area contributed by atoms with Crippen LogP contribution in [0.25, 0.3) is 0 Å². The molecule has 122 valence electrons. The zero-order chi connectivity index (χ0) is 16.5. The Labute approximate surface area is 151 Å². The highest BCUT2D eigenvalue weighted by Crippen LogP contribution is 2.20. The van der Waals surface area contributed by atoms with Crippen LogP contribution >= 0.6 is 35.1 Å². The van der Waals surface area contributed by atoms with E-state index in [0.717, 1.165) is 16.4 Å². The Morgan fingerprint density at radius 1 is 1.13 bits per heavy atom. The first kappa shape index (κ1) is 18.2. The average molecular weight is 366 g/mol. The van der Waals surface area contributed by atoms with Crippen molar-refractivity contribution in [1.82, 2.24) is 5.32 Å². The molecule has 2 nitrogen and oxygen atoms in total. The van der Waals surface area contributed by atoms with E-state index in [1.807, 2.05) is 36.0 Å². The van der Waals surface area contributed by atoms with Crippen LogP contribution in [0.5, 0.6) is 0 Å². The number of nitrogens with one attached hydrogen (secondary N) is 1. The molecule has 0 unspecified atom stereocenters. The van der Waals surface area contributed by atoms with E-state index in [1.54, 1.807) is 0 Å². The predicted octanol–water partition coefficient (Wildman–Crippen LogP) is 4.79. The maximum absolute atomic E-state index is 11.8. The number of carbonyl (C=O) groups excluding carboxylic acids is 1. The van der Waals surface area contributed by atoms with Gasteiger partial charge in [-0.3, -0.25) is 4.79 Å². The van der Waals surface area contributed by atoms with E-state index >= 15 is 0 Å². The molecular weight excluding hydrogens is 346 g/mol. The number of thioether (sulfide) groups is 2. The van der Waals surface area contributed by atoms with Crippen molar-refractivity contribution in [2.75, 3.05) is 18.1 Å². The van der Waals surface area contributed by atoms with Gasteiger partial charge in [-0.15, -0.1) is 11.8 Å². The third-order valence-electron chi connectivity index (χ3n) is 3.27. The van der Waals surface area contributed by atoms with Gasteiger partial charge in [-0.25, -0.2) is 0 Å². The Bertz CT molecular complexity index is 631. The van der Waals surface area contributed by atoms with Crippen LogP contribution in [0, 0.1) is 6.92 Å². The third kappa shape index (κ3) is 6.90. The van der Waals surface area contributed by atoms with Gasteiger partial charge in [0, 0.05) is 28.0 Å². The Balaban J connectivity index is 1.58. The van der Waals surface area contributed by atoms with Gasteiger partial charge >= 0.3 is 0 Å². The molecule has 1 N–H and O–H groups in total. The van der Waals surface area contributed by atoms with Crippen LogP contribution in [0.4, 0.5) is 0 Å². The Kier molecular flexibility index (Phi) is 7.86. The second-order valence-electron chi connectivity index (χ2n) is 5.07. The predicted molar refractivity (Wildman–Crippen MR) is 103 cm³/mol. The second kappa shape index (κ2) is 9.91. The van der Waals surface area contributed by atoms with E-state index in [2.05, 4.69) is 36.5 Å². The number of hydrogen-bond acceptors (Lipinski definition) is 3. The van der Waals surface area contributed by atoms with Crippen molar-refractivity contribution in [2.24, 2.45) is 0 Å². The summed E-state index contributed by atoms with van der Waals surface area (Å²) >= 11 is 9.20. The van der Waals surface area contributed by atoms with E-state index in [0.29, 0.717) is 17.3 Å². The van der Waals surface area contributed by atoms with Gasteiger partial charge in [0.25, 0.3) is 0 Å². The monoisotopic (exact) mass is 365 g/mol. The van der Waals surface area contributed by atoms with Gasteiger partial charge in [-0.05, 0) is 42.3 Å². The summed E-state index contributed by atoms with van der Waals surface area (Å²) in [5.74, 6) is 2.42. The van der Waals surface area contributed by atoms with Crippen LogP contribution in [0.15, 0.2) is 53.4 Å². The highest BCUT2D eigenvalue weighted by atomic mass is 35.5. The summed E-state index contributed by atoms with van der Waals surface area (Å²) in [6, 6.07) is 15.9. The number of benzene rings is 2. The molecule has 1 amide bonds. The van der Waals surface area contributed by atoms with Gasteiger partial charge in [0.15, 0.2) is 0 Å². The molecule has 0 aliphatic carbocycles. The quantitative estimate of drug-likeness (QED) is 0.538. The van der Waals surface area contributed by atoms with E-state index in [1.165, 1.54) is 22.9 Å². The number of rotatable bonds is 8. The molecule has 0 saturated carbocycles. The van der Waals surface area contributed by atoms with E-state index in [-0.39, 0.29) is 5.91 Å². The summed E-state index contributed by atoms with van der Waals surface area (Å²) in [7, 11) is 0. The van der Waals surface area contributed by atoms with E-state index < -0.39 is 0 Å². The lowest BCUT2D eigenvalue weighted by molar-refractivity contribution is -0.118. The fraction of sp³-hybridized carbons (Fsp3) is 0.278. The third-order valence-corrected chi connectivity index (χ3v) is 5.54. The molecule has 0 radical (unpaired) electrons. The van der Waals surface area contributed by atoms with Crippen LogP contribution in [-0.2, 0) is 10.5 Å². The van der Waals surface area contributed by atoms with Crippen molar-refractivity contribution in [3.8, 4) is 0 Å². The summed E-state index contributed by atoms with van der Waals surface area (Å²) in [5.41, 5.74) is 2.69. The summed E-state index contributed by atoms with van der Waals surface area (Å²) < 4.78 is 0. The Hall–Kier alpha value is -1.10.